The fourth-order valence-electron chi connectivity index (χ4n) is 1.64. The van der Waals surface area contributed by atoms with Crippen molar-refractivity contribution in [2.75, 3.05) is 5.73 Å². The number of rotatable bonds is 4. The summed E-state index contributed by atoms with van der Waals surface area (Å²) in [6.07, 6.45) is 1.89. The molecule has 2 rings (SSSR count). The van der Waals surface area contributed by atoms with Crippen LogP contribution in [0.2, 0.25) is 5.02 Å². The second-order valence-electron chi connectivity index (χ2n) is 3.87. The number of nitro groups is 1. The van der Waals surface area contributed by atoms with Crippen LogP contribution in [-0.4, -0.2) is 14.9 Å². The van der Waals surface area contributed by atoms with Gasteiger partial charge in [-0.2, -0.15) is 0 Å². The van der Waals surface area contributed by atoms with E-state index in [1.807, 2.05) is 6.92 Å². The number of hydrogen-bond acceptors (Lipinski definition) is 6. The average molecular weight is 295 g/mol. The van der Waals surface area contributed by atoms with Gasteiger partial charge in [0, 0.05) is 12.1 Å². The molecule has 20 heavy (non-hydrogen) atoms. The molecule has 0 amide bonds. The Kier molecular flexibility index (Phi) is 3.99. The molecule has 1 heterocycles. The van der Waals surface area contributed by atoms with Crippen LogP contribution in [0.3, 0.4) is 0 Å². The van der Waals surface area contributed by atoms with Gasteiger partial charge in [0.05, 0.1) is 10.5 Å². The minimum absolute atomic E-state index is 0.00687. The minimum atomic E-state index is -0.563. The fourth-order valence-corrected chi connectivity index (χ4v) is 1.88. The van der Waals surface area contributed by atoms with Gasteiger partial charge in [-0.25, -0.2) is 9.97 Å². The van der Waals surface area contributed by atoms with Crippen LogP contribution in [0.25, 0.3) is 0 Å². The quantitative estimate of drug-likeness (QED) is 0.686. The van der Waals surface area contributed by atoms with E-state index in [2.05, 4.69) is 9.97 Å². The van der Waals surface area contributed by atoms with Crippen LogP contribution in [0.15, 0.2) is 24.5 Å². The van der Waals surface area contributed by atoms with E-state index < -0.39 is 4.92 Å². The molecule has 8 heteroatoms. The Morgan fingerprint density at radius 2 is 2.20 bits per heavy atom. The number of nitrogen functional groups attached to an aromatic ring is 1. The van der Waals surface area contributed by atoms with Crippen LogP contribution in [-0.2, 0) is 6.42 Å². The minimum Gasteiger partial charge on any atom is -0.438 e. The number of benzene rings is 1. The van der Waals surface area contributed by atoms with Crippen molar-refractivity contribution in [3.05, 3.63) is 45.2 Å². The summed E-state index contributed by atoms with van der Waals surface area (Å²) >= 11 is 5.82. The summed E-state index contributed by atoms with van der Waals surface area (Å²) in [6, 6.07) is 4.08. The van der Waals surface area contributed by atoms with Gasteiger partial charge in [0.25, 0.3) is 5.69 Å². The van der Waals surface area contributed by atoms with Gasteiger partial charge in [-0.05, 0) is 12.5 Å². The fraction of sp³-hybridized carbons (Fsp3) is 0.167. The van der Waals surface area contributed by atoms with E-state index in [9.17, 15) is 10.1 Å². The third kappa shape index (κ3) is 2.77. The zero-order valence-corrected chi connectivity index (χ0v) is 11.3. The molecule has 0 spiro atoms. The van der Waals surface area contributed by atoms with Crippen LogP contribution in [0, 0.1) is 10.1 Å². The first-order valence-corrected chi connectivity index (χ1v) is 6.11. The molecule has 0 unspecified atom stereocenters. The Hall–Kier alpha value is -2.41. The molecule has 0 aliphatic carbocycles. The number of aromatic nitrogens is 2. The number of nitro benzene ring substituents is 1. The average Bonchev–Trinajstić information content (AvgIpc) is 2.38. The summed E-state index contributed by atoms with van der Waals surface area (Å²) < 4.78 is 5.56. The smallest absolute Gasteiger partial charge is 0.288 e. The molecule has 7 nitrogen and oxygen atoms in total. The van der Waals surface area contributed by atoms with Crippen molar-refractivity contribution in [2.24, 2.45) is 0 Å². The molecule has 0 fully saturated rings. The first kappa shape index (κ1) is 14.0. The predicted octanol–water partition coefficient (Wildman–Crippen LogP) is 2.98. The summed E-state index contributed by atoms with van der Waals surface area (Å²) in [5.74, 6) is 0.990. The predicted molar refractivity (Wildman–Crippen MR) is 74.0 cm³/mol. The van der Waals surface area contributed by atoms with E-state index in [1.54, 1.807) is 0 Å². The summed E-state index contributed by atoms with van der Waals surface area (Å²) in [5.41, 5.74) is 6.22. The molecule has 0 aliphatic heterocycles. The summed E-state index contributed by atoms with van der Waals surface area (Å²) in [7, 11) is 0. The summed E-state index contributed by atoms with van der Waals surface area (Å²) in [5, 5.41) is 10.7. The van der Waals surface area contributed by atoms with Crippen molar-refractivity contribution in [1.82, 2.24) is 9.97 Å². The Bertz CT molecular complexity index is 663. The molecular formula is C12H11ClN4O3. The van der Waals surface area contributed by atoms with Gasteiger partial charge < -0.3 is 10.5 Å². The van der Waals surface area contributed by atoms with Crippen LogP contribution in [0.4, 0.5) is 11.5 Å². The molecule has 0 bridgehead atoms. The zero-order chi connectivity index (χ0) is 14.7. The number of nitrogens with zero attached hydrogens (tertiary/aromatic N) is 3. The zero-order valence-electron chi connectivity index (χ0n) is 10.5. The Labute approximate surface area is 119 Å². The van der Waals surface area contributed by atoms with Gasteiger partial charge in [-0.15, -0.1) is 0 Å². The van der Waals surface area contributed by atoms with Crippen LogP contribution < -0.4 is 10.5 Å². The maximum atomic E-state index is 10.7. The normalized spacial score (nSPS) is 10.3. The van der Waals surface area contributed by atoms with Gasteiger partial charge in [0.1, 0.15) is 22.9 Å². The monoisotopic (exact) mass is 294 g/mol. The third-order valence-corrected chi connectivity index (χ3v) is 2.93. The molecule has 104 valence electrons. The SMILES string of the molecule is CCc1c(N)ncnc1Oc1ccc([N+](=O)[O-])c(Cl)c1. The lowest BCUT2D eigenvalue weighted by Crippen LogP contribution is -2.01. The molecular weight excluding hydrogens is 284 g/mol. The topological polar surface area (TPSA) is 104 Å². The van der Waals surface area contributed by atoms with Crippen molar-refractivity contribution in [3.63, 3.8) is 0 Å². The van der Waals surface area contributed by atoms with E-state index in [-0.39, 0.29) is 10.7 Å². The van der Waals surface area contributed by atoms with Gasteiger partial charge >= 0.3 is 0 Å². The van der Waals surface area contributed by atoms with Crippen molar-refractivity contribution < 1.29 is 9.66 Å². The van der Waals surface area contributed by atoms with Gasteiger partial charge in [-0.3, -0.25) is 10.1 Å². The van der Waals surface area contributed by atoms with Gasteiger partial charge in [0.2, 0.25) is 5.88 Å². The van der Waals surface area contributed by atoms with E-state index >= 15 is 0 Å². The Balaban J connectivity index is 2.34. The van der Waals surface area contributed by atoms with Crippen LogP contribution >= 0.6 is 11.6 Å². The van der Waals surface area contributed by atoms with E-state index in [0.717, 1.165) is 0 Å². The largest absolute Gasteiger partial charge is 0.438 e. The lowest BCUT2D eigenvalue weighted by molar-refractivity contribution is -0.384. The van der Waals surface area contributed by atoms with Crippen LogP contribution in [0.5, 0.6) is 11.6 Å². The maximum Gasteiger partial charge on any atom is 0.288 e. The highest BCUT2D eigenvalue weighted by atomic mass is 35.5. The summed E-state index contributed by atoms with van der Waals surface area (Å²) in [6.45, 7) is 1.89. The second-order valence-corrected chi connectivity index (χ2v) is 4.28. The lowest BCUT2D eigenvalue weighted by atomic mass is 10.2. The molecule has 1 aromatic carbocycles. The van der Waals surface area contributed by atoms with Gasteiger partial charge in [0.15, 0.2) is 0 Å². The van der Waals surface area contributed by atoms with Crippen molar-refractivity contribution in [3.8, 4) is 11.6 Å². The van der Waals surface area contributed by atoms with E-state index in [4.69, 9.17) is 22.1 Å². The van der Waals surface area contributed by atoms with Crippen molar-refractivity contribution in [1.29, 1.82) is 0 Å². The second kappa shape index (κ2) is 5.70. The van der Waals surface area contributed by atoms with Crippen molar-refractivity contribution >= 4 is 23.1 Å². The molecule has 0 saturated carbocycles. The molecule has 2 aromatic rings. The maximum absolute atomic E-state index is 10.7. The van der Waals surface area contributed by atoms with E-state index in [0.29, 0.717) is 29.4 Å². The number of anilines is 1. The number of halogens is 1. The first-order chi connectivity index (χ1) is 9.52. The third-order valence-electron chi connectivity index (χ3n) is 2.62. The molecule has 1 aromatic heterocycles. The molecule has 0 radical (unpaired) electrons. The van der Waals surface area contributed by atoms with E-state index in [1.165, 1.54) is 24.5 Å². The number of nitrogens with two attached hydrogens (primary N) is 1. The Morgan fingerprint density at radius 1 is 1.45 bits per heavy atom. The Morgan fingerprint density at radius 3 is 2.80 bits per heavy atom. The first-order valence-electron chi connectivity index (χ1n) is 5.74. The lowest BCUT2D eigenvalue weighted by Gasteiger charge is -2.10. The van der Waals surface area contributed by atoms with Crippen molar-refractivity contribution in [2.45, 2.75) is 13.3 Å². The summed E-state index contributed by atoms with van der Waals surface area (Å²) in [4.78, 5) is 18.0. The molecule has 2 N–H and O–H groups in total. The highest BCUT2D eigenvalue weighted by molar-refractivity contribution is 6.32. The molecule has 0 saturated heterocycles. The molecule has 0 atom stereocenters. The molecule has 0 aliphatic rings. The van der Waals surface area contributed by atoms with Gasteiger partial charge in [-0.1, -0.05) is 18.5 Å². The highest BCUT2D eigenvalue weighted by Gasteiger charge is 2.15. The number of hydrogen-bond donors (Lipinski definition) is 1. The standard InChI is InChI=1S/C12H11ClN4O3/c1-2-8-11(14)15-6-16-12(8)20-7-3-4-10(17(18)19)9(13)5-7/h3-6H,2H2,1H3,(H2,14,15,16). The highest BCUT2D eigenvalue weighted by Crippen LogP contribution is 2.32. The van der Waals surface area contributed by atoms with Crippen LogP contribution in [0.1, 0.15) is 12.5 Å². The number of ether oxygens (including phenoxy) is 1.